The lowest BCUT2D eigenvalue weighted by atomic mass is 9.95. The molecule has 0 fully saturated rings. The van der Waals surface area contributed by atoms with Gasteiger partial charge in [0.25, 0.3) is 0 Å². The molecule has 0 aromatic rings. The first-order valence-electron chi connectivity index (χ1n) is 6.66. The van der Waals surface area contributed by atoms with Crippen molar-refractivity contribution < 1.29 is 9.47 Å². The normalized spacial score (nSPS) is 13.1. The lowest BCUT2D eigenvalue weighted by Gasteiger charge is -2.27. The molecule has 3 nitrogen and oxygen atoms in total. The highest BCUT2D eigenvalue weighted by Gasteiger charge is 2.19. The van der Waals surface area contributed by atoms with Crippen LogP contribution in [0.1, 0.15) is 47.5 Å². The van der Waals surface area contributed by atoms with Crippen LogP contribution in [0.3, 0.4) is 0 Å². The van der Waals surface area contributed by atoms with Gasteiger partial charge in [0.05, 0.1) is 12.2 Å². The topological polar surface area (TPSA) is 30.5 Å². The Labute approximate surface area is 107 Å². The summed E-state index contributed by atoms with van der Waals surface area (Å²) in [6, 6.07) is 0. The Morgan fingerprint density at radius 2 is 1.76 bits per heavy atom. The van der Waals surface area contributed by atoms with E-state index in [4.69, 9.17) is 9.47 Å². The van der Waals surface area contributed by atoms with Crippen LogP contribution in [0.4, 0.5) is 0 Å². The van der Waals surface area contributed by atoms with Gasteiger partial charge < -0.3 is 14.8 Å². The molecule has 0 unspecified atom stereocenters. The van der Waals surface area contributed by atoms with Crippen LogP contribution in [0.5, 0.6) is 0 Å². The summed E-state index contributed by atoms with van der Waals surface area (Å²) in [6.45, 7) is 14.5. The summed E-state index contributed by atoms with van der Waals surface area (Å²) >= 11 is 0. The molecule has 0 aliphatic rings. The highest BCUT2D eigenvalue weighted by Crippen LogP contribution is 2.16. The van der Waals surface area contributed by atoms with Crippen molar-refractivity contribution in [2.45, 2.75) is 53.1 Å². The fraction of sp³-hybridized carbons (Fsp3) is 1.00. The zero-order valence-electron chi connectivity index (χ0n) is 12.6. The Bertz CT molecular complexity index is 191. The Morgan fingerprint density at radius 1 is 1.12 bits per heavy atom. The van der Waals surface area contributed by atoms with Crippen molar-refractivity contribution in [3.05, 3.63) is 0 Å². The van der Waals surface area contributed by atoms with Gasteiger partial charge in [-0.2, -0.15) is 0 Å². The van der Waals surface area contributed by atoms with Crippen LogP contribution in [0.25, 0.3) is 0 Å². The van der Waals surface area contributed by atoms with E-state index in [-0.39, 0.29) is 11.0 Å². The highest BCUT2D eigenvalue weighted by atomic mass is 16.5. The molecule has 0 heterocycles. The van der Waals surface area contributed by atoms with E-state index >= 15 is 0 Å². The van der Waals surface area contributed by atoms with Crippen molar-refractivity contribution in [2.24, 2.45) is 5.41 Å². The maximum Gasteiger partial charge on any atom is 0.0644 e. The van der Waals surface area contributed by atoms with E-state index in [0.717, 1.165) is 32.7 Å². The predicted molar refractivity (Wildman–Crippen MR) is 73.5 cm³/mol. The van der Waals surface area contributed by atoms with Gasteiger partial charge in [-0.1, -0.05) is 20.8 Å². The van der Waals surface area contributed by atoms with Crippen molar-refractivity contribution in [2.75, 3.05) is 33.4 Å². The zero-order chi connectivity index (χ0) is 13.4. The maximum atomic E-state index is 5.75. The number of methoxy groups -OCH3 is 1. The van der Waals surface area contributed by atoms with Crippen molar-refractivity contribution in [3.8, 4) is 0 Å². The molecule has 0 atom stereocenters. The smallest absolute Gasteiger partial charge is 0.0644 e. The molecule has 0 radical (unpaired) electrons. The summed E-state index contributed by atoms with van der Waals surface area (Å²) < 4.78 is 11.1. The second-order valence-corrected chi connectivity index (χ2v) is 6.11. The molecular formula is C14H31NO2. The fourth-order valence-corrected chi connectivity index (χ4v) is 1.42. The minimum atomic E-state index is -0.0788. The molecule has 0 saturated heterocycles. The predicted octanol–water partition coefficient (Wildman–Crippen LogP) is 2.84. The van der Waals surface area contributed by atoms with Gasteiger partial charge in [0.2, 0.25) is 0 Å². The molecule has 0 rings (SSSR count). The maximum absolute atomic E-state index is 5.75. The number of hydrogen-bond donors (Lipinski definition) is 1. The molecular weight excluding hydrogens is 214 g/mol. The van der Waals surface area contributed by atoms with Crippen molar-refractivity contribution in [3.63, 3.8) is 0 Å². The van der Waals surface area contributed by atoms with Crippen molar-refractivity contribution >= 4 is 0 Å². The molecule has 0 saturated carbocycles. The van der Waals surface area contributed by atoms with Crippen LogP contribution in [0, 0.1) is 5.41 Å². The molecule has 0 spiro atoms. The number of rotatable bonds is 10. The fourth-order valence-electron chi connectivity index (χ4n) is 1.42. The van der Waals surface area contributed by atoms with Crippen LogP contribution in [-0.2, 0) is 9.47 Å². The molecule has 0 aromatic heterocycles. The lowest BCUT2D eigenvalue weighted by Crippen LogP contribution is -2.34. The van der Waals surface area contributed by atoms with Crippen LogP contribution in [0.15, 0.2) is 0 Å². The van der Waals surface area contributed by atoms with Gasteiger partial charge in [0, 0.05) is 25.7 Å². The second kappa shape index (κ2) is 8.06. The Hall–Kier alpha value is -0.120. The minimum Gasteiger partial charge on any atom is -0.381 e. The third-order valence-electron chi connectivity index (χ3n) is 2.92. The first-order chi connectivity index (χ1) is 7.83. The van der Waals surface area contributed by atoms with Gasteiger partial charge in [-0.25, -0.2) is 0 Å². The highest BCUT2D eigenvalue weighted by molar-refractivity contribution is 4.72. The average Bonchev–Trinajstić information content (AvgIpc) is 2.25. The lowest BCUT2D eigenvalue weighted by molar-refractivity contribution is -0.0209. The van der Waals surface area contributed by atoms with E-state index in [2.05, 4.69) is 39.9 Å². The number of ether oxygens (including phenoxy) is 2. The molecule has 104 valence electrons. The van der Waals surface area contributed by atoms with Crippen molar-refractivity contribution in [1.29, 1.82) is 0 Å². The van der Waals surface area contributed by atoms with E-state index in [9.17, 15) is 0 Å². The molecule has 0 aromatic carbocycles. The minimum absolute atomic E-state index is 0.0788. The molecule has 1 N–H and O–H groups in total. The van der Waals surface area contributed by atoms with E-state index in [1.165, 1.54) is 6.42 Å². The monoisotopic (exact) mass is 245 g/mol. The average molecular weight is 245 g/mol. The van der Waals surface area contributed by atoms with E-state index in [1.807, 2.05) is 0 Å². The summed E-state index contributed by atoms with van der Waals surface area (Å²) in [5.41, 5.74) is 0.122. The molecule has 3 heteroatoms. The zero-order valence-corrected chi connectivity index (χ0v) is 12.6. The third kappa shape index (κ3) is 9.57. The van der Waals surface area contributed by atoms with Crippen LogP contribution in [-0.4, -0.2) is 39.0 Å². The van der Waals surface area contributed by atoms with Gasteiger partial charge in [0.1, 0.15) is 0 Å². The molecule has 0 bridgehead atoms. The molecule has 17 heavy (non-hydrogen) atoms. The first-order valence-corrected chi connectivity index (χ1v) is 6.66. The second-order valence-electron chi connectivity index (χ2n) is 6.11. The van der Waals surface area contributed by atoms with Crippen LogP contribution in [0.2, 0.25) is 0 Å². The summed E-state index contributed by atoms with van der Waals surface area (Å²) in [6.07, 6.45) is 2.11. The van der Waals surface area contributed by atoms with E-state index in [1.54, 1.807) is 7.11 Å². The molecule has 0 aliphatic heterocycles. The number of nitrogens with one attached hydrogen (secondary N) is 1. The van der Waals surface area contributed by atoms with Gasteiger partial charge in [-0.05, 0) is 33.2 Å². The molecule has 0 aliphatic carbocycles. The first kappa shape index (κ1) is 16.9. The van der Waals surface area contributed by atoms with Crippen molar-refractivity contribution in [1.82, 2.24) is 5.32 Å². The SMILES string of the molecule is CCCNCC(C)(C)COCCC(C)(C)OC. The Kier molecular flexibility index (Phi) is 8.01. The Morgan fingerprint density at radius 3 is 2.29 bits per heavy atom. The van der Waals surface area contributed by atoms with E-state index in [0.29, 0.717) is 0 Å². The molecule has 0 amide bonds. The quantitative estimate of drug-likeness (QED) is 0.600. The summed E-state index contributed by atoms with van der Waals surface area (Å²) in [5, 5.41) is 3.44. The van der Waals surface area contributed by atoms with Crippen LogP contribution >= 0.6 is 0 Å². The summed E-state index contributed by atoms with van der Waals surface area (Å²) in [5.74, 6) is 0. The Balaban J connectivity index is 3.65. The van der Waals surface area contributed by atoms with Gasteiger partial charge in [0.15, 0.2) is 0 Å². The third-order valence-corrected chi connectivity index (χ3v) is 2.92. The summed E-state index contributed by atoms with van der Waals surface area (Å²) in [4.78, 5) is 0. The van der Waals surface area contributed by atoms with Gasteiger partial charge in [-0.15, -0.1) is 0 Å². The van der Waals surface area contributed by atoms with Gasteiger partial charge >= 0.3 is 0 Å². The van der Waals surface area contributed by atoms with E-state index < -0.39 is 0 Å². The van der Waals surface area contributed by atoms with Crippen LogP contribution < -0.4 is 5.32 Å². The largest absolute Gasteiger partial charge is 0.381 e. The summed E-state index contributed by atoms with van der Waals surface area (Å²) in [7, 11) is 1.75. The van der Waals surface area contributed by atoms with Gasteiger partial charge in [-0.3, -0.25) is 0 Å². The standard InChI is InChI=1S/C14H31NO2/c1-7-9-15-11-13(2,3)12-17-10-8-14(4,5)16-6/h15H,7-12H2,1-6H3. The number of hydrogen-bond acceptors (Lipinski definition) is 3.